The second kappa shape index (κ2) is 10.6. The van der Waals surface area contributed by atoms with E-state index in [1.807, 2.05) is 30.3 Å². The number of ether oxygens (including phenoxy) is 1. The average Bonchev–Trinajstić information content (AvgIpc) is 2.75. The van der Waals surface area contributed by atoms with Gasteiger partial charge < -0.3 is 20.3 Å². The van der Waals surface area contributed by atoms with Crippen molar-refractivity contribution in [3.8, 4) is 5.75 Å². The Labute approximate surface area is 176 Å². The average molecular weight is 413 g/mol. The molecule has 3 amide bonds. The van der Waals surface area contributed by atoms with Crippen molar-refractivity contribution in [1.82, 2.24) is 15.5 Å². The van der Waals surface area contributed by atoms with Crippen molar-refractivity contribution in [3.05, 3.63) is 66.0 Å². The Morgan fingerprint density at radius 3 is 2.53 bits per heavy atom. The SMILES string of the molecule is CN(Cc1ccccc1)C(=O)CNC(=O)NC1CCCCC1Oc1ccccc1F. The molecule has 0 spiro atoms. The minimum absolute atomic E-state index is 0.0965. The highest BCUT2D eigenvalue weighted by Gasteiger charge is 2.29. The number of para-hydroxylation sites is 1. The number of benzene rings is 2. The van der Waals surface area contributed by atoms with E-state index in [2.05, 4.69) is 10.6 Å². The van der Waals surface area contributed by atoms with Gasteiger partial charge in [-0.1, -0.05) is 48.9 Å². The molecule has 6 nitrogen and oxygen atoms in total. The smallest absolute Gasteiger partial charge is 0.315 e. The number of amides is 3. The van der Waals surface area contributed by atoms with Gasteiger partial charge in [0.1, 0.15) is 6.10 Å². The fraction of sp³-hybridized carbons (Fsp3) is 0.391. The van der Waals surface area contributed by atoms with Gasteiger partial charge in [-0.2, -0.15) is 0 Å². The van der Waals surface area contributed by atoms with E-state index in [0.29, 0.717) is 6.54 Å². The molecule has 160 valence electrons. The third-order valence-electron chi connectivity index (χ3n) is 5.22. The number of hydrogen-bond acceptors (Lipinski definition) is 3. The first kappa shape index (κ1) is 21.6. The van der Waals surface area contributed by atoms with Crippen LogP contribution in [0.3, 0.4) is 0 Å². The molecule has 2 N–H and O–H groups in total. The fourth-order valence-corrected chi connectivity index (χ4v) is 3.56. The van der Waals surface area contributed by atoms with Crippen LogP contribution in [0.4, 0.5) is 9.18 Å². The molecule has 30 heavy (non-hydrogen) atoms. The van der Waals surface area contributed by atoms with Crippen LogP contribution < -0.4 is 15.4 Å². The first-order valence-electron chi connectivity index (χ1n) is 10.3. The van der Waals surface area contributed by atoms with E-state index in [4.69, 9.17) is 4.74 Å². The summed E-state index contributed by atoms with van der Waals surface area (Å²) in [6, 6.07) is 15.3. The van der Waals surface area contributed by atoms with E-state index in [-0.39, 0.29) is 30.3 Å². The zero-order valence-electron chi connectivity index (χ0n) is 17.1. The maximum Gasteiger partial charge on any atom is 0.315 e. The topological polar surface area (TPSA) is 70.7 Å². The minimum atomic E-state index is -0.425. The van der Waals surface area contributed by atoms with Crippen molar-refractivity contribution in [2.24, 2.45) is 0 Å². The van der Waals surface area contributed by atoms with Crippen LogP contribution in [0.2, 0.25) is 0 Å². The summed E-state index contributed by atoms with van der Waals surface area (Å²) in [5.74, 6) is -0.413. The summed E-state index contributed by atoms with van der Waals surface area (Å²) >= 11 is 0. The molecule has 1 fully saturated rings. The number of halogens is 1. The molecule has 7 heteroatoms. The molecule has 0 aliphatic heterocycles. The van der Waals surface area contributed by atoms with E-state index in [9.17, 15) is 14.0 Å². The molecular formula is C23H28FN3O3. The molecule has 2 unspecified atom stereocenters. The summed E-state index contributed by atoms with van der Waals surface area (Å²) in [5.41, 5.74) is 1.02. The van der Waals surface area contributed by atoms with E-state index < -0.39 is 11.8 Å². The number of likely N-dealkylation sites (N-methyl/N-ethyl adjacent to an activating group) is 1. The predicted octanol–water partition coefficient (Wildman–Crippen LogP) is 3.47. The Morgan fingerprint density at radius 2 is 1.77 bits per heavy atom. The second-order valence-electron chi connectivity index (χ2n) is 7.54. The van der Waals surface area contributed by atoms with Gasteiger partial charge in [-0.25, -0.2) is 9.18 Å². The van der Waals surface area contributed by atoms with Crippen LogP contribution >= 0.6 is 0 Å². The van der Waals surface area contributed by atoms with Crippen LogP contribution in [0.15, 0.2) is 54.6 Å². The number of nitrogens with zero attached hydrogens (tertiary/aromatic N) is 1. The Hall–Kier alpha value is -3.09. The lowest BCUT2D eigenvalue weighted by molar-refractivity contribution is -0.129. The zero-order chi connectivity index (χ0) is 21.3. The molecule has 2 atom stereocenters. The first-order valence-corrected chi connectivity index (χ1v) is 10.3. The molecule has 0 bridgehead atoms. The maximum absolute atomic E-state index is 13.9. The lowest BCUT2D eigenvalue weighted by Gasteiger charge is -2.32. The van der Waals surface area contributed by atoms with Crippen molar-refractivity contribution in [2.75, 3.05) is 13.6 Å². The van der Waals surface area contributed by atoms with Crippen molar-refractivity contribution in [1.29, 1.82) is 0 Å². The monoisotopic (exact) mass is 413 g/mol. The molecule has 2 aromatic carbocycles. The summed E-state index contributed by atoms with van der Waals surface area (Å²) in [6.45, 7) is 0.380. The van der Waals surface area contributed by atoms with Crippen molar-refractivity contribution >= 4 is 11.9 Å². The molecule has 0 aromatic heterocycles. The van der Waals surface area contributed by atoms with Crippen LogP contribution in [0.5, 0.6) is 5.75 Å². The summed E-state index contributed by atoms with van der Waals surface area (Å²) in [4.78, 5) is 26.2. The quantitative estimate of drug-likeness (QED) is 0.730. The Kier molecular flexibility index (Phi) is 7.65. The largest absolute Gasteiger partial charge is 0.485 e. The van der Waals surface area contributed by atoms with Crippen LogP contribution in [0.25, 0.3) is 0 Å². The molecule has 0 heterocycles. The first-order chi connectivity index (χ1) is 14.5. The summed E-state index contributed by atoms with van der Waals surface area (Å²) in [7, 11) is 1.70. The van der Waals surface area contributed by atoms with E-state index >= 15 is 0 Å². The van der Waals surface area contributed by atoms with E-state index in [1.165, 1.54) is 6.07 Å². The highest BCUT2D eigenvalue weighted by Crippen LogP contribution is 2.25. The second-order valence-corrected chi connectivity index (χ2v) is 7.54. The Morgan fingerprint density at radius 1 is 1.07 bits per heavy atom. The normalized spacial score (nSPS) is 18.3. The van der Waals surface area contributed by atoms with E-state index in [1.54, 1.807) is 30.1 Å². The maximum atomic E-state index is 13.9. The molecule has 3 rings (SSSR count). The summed E-state index contributed by atoms with van der Waals surface area (Å²) < 4.78 is 19.7. The van der Waals surface area contributed by atoms with Crippen LogP contribution in [0.1, 0.15) is 31.2 Å². The van der Waals surface area contributed by atoms with Crippen molar-refractivity contribution in [2.45, 2.75) is 44.4 Å². The lowest BCUT2D eigenvalue weighted by atomic mass is 9.92. The molecule has 0 saturated heterocycles. The fourth-order valence-electron chi connectivity index (χ4n) is 3.56. The van der Waals surface area contributed by atoms with Gasteiger partial charge in [0.25, 0.3) is 0 Å². The molecule has 0 radical (unpaired) electrons. The van der Waals surface area contributed by atoms with Crippen molar-refractivity contribution < 1.29 is 18.7 Å². The van der Waals surface area contributed by atoms with Crippen LogP contribution in [0, 0.1) is 5.82 Å². The van der Waals surface area contributed by atoms with Gasteiger partial charge in [-0.3, -0.25) is 4.79 Å². The van der Waals surface area contributed by atoms with E-state index in [0.717, 1.165) is 31.2 Å². The third-order valence-corrected chi connectivity index (χ3v) is 5.22. The Balaban J connectivity index is 1.47. The Bertz CT molecular complexity index is 847. The number of nitrogens with one attached hydrogen (secondary N) is 2. The van der Waals surface area contributed by atoms with Crippen molar-refractivity contribution in [3.63, 3.8) is 0 Å². The highest BCUT2D eigenvalue weighted by atomic mass is 19.1. The van der Waals surface area contributed by atoms with Gasteiger partial charge in [0.2, 0.25) is 5.91 Å². The summed E-state index contributed by atoms with van der Waals surface area (Å²) in [5, 5.41) is 5.51. The van der Waals surface area contributed by atoms with Gasteiger partial charge in [0, 0.05) is 13.6 Å². The van der Waals surface area contributed by atoms with Gasteiger partial charge in [-0.15, -0.1) is 0 Å². The lowest BCUT2D eigenvalue weighted by Crippen LogP contribution is -2.52. The number of carbonyl (C=O) groups is 2. The zero-order valence-corrected chi connectivity index (χ0v) is 17.1. The summed E-state index contributed by atoms with van der Waals surface area (Å²) in [6.07, 6.45) is 3.09. The molecule has 2 aromatic rings. The molecule has 1 saturated carbocycles. The van der Waals surface area contributed by atoms with Crippen LogP contribution in [-0.4, -0.2) is 42.6 Å². The minimum Gasteiger partial charge on any atom is -0.485 e. The number of rotatable bonds is 7. The predicted molar refractivity (Wildman–Crippen MR) is 113 cm³/mol. The molecule has 1 aliphatic rings. The number of urea groups is 1. The standard InChI is InChI=1S/C23H28FN3O3/c1-27(16-17-9-3-2-4-10-17)22(28)15-25-23(29)26-19-12-6-8-14-21(19)30-20-13-7-5-11-18(20)24/h2-5,7,9-11,13,19,21H,6,8,12,14-16H2,1H3,(H2,25,26,29). The van der Waals surface area contributed by atoms with Gasteiger partial charge in [-0.05, 0) is 37.0 Å². The van der Waals surface area contributed by atoms with Gasteiger partial charge in [0.05, 0.1) is 12.6 Å². The van der Waals surface area contributed by atoms with Crippen LogP contribution in [-0.2, 0) is 11.3 Å². The molecular weight excluding hydrogens is 385 g/mol. The van der Waals surface area contributed by atoms with Gasteiger partial charge in [0.15, 0.2) is 11.6 Å². The molecule has 1 aliphatic carbocycles. The third kappa shape index (κ3) is 6.20. The highest BCUT2D eigenvalue weighted by molar-refractivity contribution is 5.84. The number of hydrogen-bond donors (Lipinski definition) is 2. The number of carbonyl (C=O) groups excluding carboxylic acids is 2. The van der Waals surface area contributed by atoms with Gasteiger partial charge >= 0.3 is 6.03 Å².